The van der Waals surface area contributed by atoms with Gasteiger partial charge in [0.25, 0.3) is 0 Å². The number of rotatable bonds is 6. The van der Waals surface area contributed by atoms with Gasteiger partial charge in [0.05, 0.1) is 5.41 Å². The molecule has 0 aromatic heterocycles. The van der Waals surface area contributed by atoms with Gasteiger partial charge in [-0.1, -0.05) is 34.5 Å². The van der Waals surface area contributed by atoms with Crippen LogP contribution in [-0.2, 0) is 15.0 Å². The van der Waals surface area contributed by atoms with Gasteiger partial charge in [-0.15, -0.1) is 0 Å². The van der Waals surface area contributed by atoms with E-state index in [1.807, 2.05) is 12.1 Å². The number of benzene rings is 1. The Hall–Kier alpha value is -1.36. The summed E-state index contributed by atoms with van der Waals surface area (Å²) in [6.07, 6.45) is 4.37. The SMILES string of the molecule is O=C(CC1(C(=O)O)CCC1)NCC1(c2cccc(Br)c2)CC1. The molecule has 22 heavy (non-hydrogen) atoms. The molecule has 118 valence electrons. The molecule has 0 heterocycles. The summed E-state index contributed by atoms with van der Waals surface area (Å²) in [5.74, 6) is -0.967. The van der Waals surface area contributed by atoms with E-state index in [4.69, 9.17) is 0 Å². The zero-order valence-electron chi connectivity index (χ0n) is 12.4. The number of hydrogen-bond donors (Lipinski definition) is 2. The Morgan fingerprint density at radius 3 is 2.45 bits per heavy atom. The summed E-state index contributed by atoms with van der Waals surface area (Å²) in [5.41, 5.74) is 0.463. The Labute approximate surface area is 138 Å². The molecular weight excluding hydrogens is 346 g/mol. The quantitative estimate of drug-likeness (QED) is 0.812. The third-order valence-corrected chi connectivity index (χ3v) is 5.67. The van der Waals surface area contributed by atoms with E-state index in [0.717, 1.165) is 23.7 Å². The molecule has 0 saturated heterocycles. The van der Waals surface area contributed by atoms with Crippen molar-refractivity contribution in [2.24, 2.45) is 5.41 Å². The lowest BCUT2D eigenvalue weighted by atomic mass is 9.66. The number of aliphatic carboxylic acids is 1. The van der Waals surface area contributed by atoms with Gasteiger partial charge in [-0.2, -0.15) is 0 Å². The van der Waals surface area contributed by atoms with E-state index >= 15 is 0 Å². The van der Waals surface area contributed by atoms with Crippen LogP contribution in [0.25, 0.3) is 0 Å². The van der Waals surface area contributed by atoms with Crippen molar-refractivity contribution in [3.05, 3.63) is 34.3 Å². The standard InChI is InChI=1S/C17H20BrNO3/c18-13-4-1-3-12(9-13)17(7-8-17)11-19-14(20)10-16(15(21)22)5-2-6-16/h1,3-4,9H,2,5-8,10-11H2,(H,19,20)(H,21,22). The number of halogens is 1. The van der Waals surface area contributed by atoms with Crippen LogP contribution < -0.4 is 5.32 Å². The molecule has 0 unspecified atom stereocenters. The van der Waals surface area contributed by atoms with Crippen LogP contribution in [-0.4, -0.2) is 23.5 Å². The van der Waals surface area contributed by atoms with Gasteiger partial charge in [-0.05, 0) is 43.4 Å². The Balaban J connectivity index is 1.58. The topological polar surface area (TPSA) is 66.4 Å². The zero-order valence-corrected chi connectivity index (χ0v) is 14.0. The number of nitrogens with one attached hydrogen (secondary N) is 1. The molecule has 2 saturated carbocycles. The van der Waals surface area contributed by atoms with Crippen molar-refractivity contribution in [3.8, 4) is 0 Å². The van der Waals surface area contributed by atoms with E-state index in [-0.39, 0.29) is 17.7 Å². The molecule has 0 aliphatic heterocycles. The minimum absolute atomic E-state index is 0.0371. The molecule has 0 atom stereocenters. The van der Waals surface area contributed by atoms with Gasteiger partial charge in [0, 0.05) is 22.9 Å². The van der Waals surface area contributed by atoms with Gasteiger partial charge in [0.1, 0.15) is 0 Å². The summed E-state index contributed by atoms with van der Waals surface area (Å²) in [6, 6.07) is 8.19. The maximum atomic E-state index is 12.1. The first kappa shape index (κ1) is 15.5. The van der Waals surface area contributed by atoms with Crippen molar-refractivity contribution in [1.29, 1.82) is 0 Å². The molecule has 0 bridgehead atoms. The molecule has 0 radical (unpaired) electrons. The van der Waals surface area contributed by atoms with Crippen LogP contribution in [0.2, 0.25) is 0 Å². The first-order chi connectivity index (χ1) is 10.5. The number of carboxylic acids is 1. The van der Waals surface area contributed by atoms with Crippen LogP contribution in [0.5, 0.6) is 0 Å². The molecule has 5 heteroatoms. The van der Waals surface area contributed by atoms with Crippen molar-refractivity contribution < 1.29 is 14.7 Å². The number of carbonyl (C=O) groups excluding carboxylic acids is 1. The Morgan fingerprint density at radius 1 is 1.23 bits per heavy atom. The largest absolute Gasteiger partial charge is 0.481 e. The van der Waals surface area contributed by atoms with E-state index in [2.05, 4.69) is 33.4 Å². The zero-order chi connectivity index (χ0) is 15.8. The summed E-state index contributed by atoms with van der Waals surface area (Å²) < 4.78 is 1.04. The minimum Gasteiger partial charge on any atom is -0.481 e. The van der Waals surface area contributed by atoms with Gasteiger partial charge in [0.15, 0.2) is 0 Å². The Morgan fingerprint density at radius 2 is 1.95 bits per heavy atom. The first-order valence-electron chi connectivity index (χ1n) is 7.72. The highest BCUT2D eigenvalue weighted by molar-refractivity contribution is 9.10. The van der Waals surface area contributed by atoms with Gasteiger partial charge in [0.2, 0.25) is 5.91 Å². The van der Waals surface area contributed by atoms with Crippen LogP contribution in [0.4, 0.5) is 0 Å². The molecule has 1 amide bonds. The van der Waals surface area contributed by atoms with Crippen LogP contribution in [0.15, 0.2) is 28.7 Å². The van der Waals surface area contributed by atoms with Crippen LogP contribution >= 0.6 is 15.9 Å². The lowest BCUT2D eigenvalue weighted by Gasteiger charge is -2.37. The molecule has 1 aromatic rings. The highest BCUT2D eigenvalue weighted by Crippen LogP contribution is 2.48. The summed E-state index contributed by atoms with van der Waals surface area (Å²) in [6.45, 7) is 0.595. The van der Waals surface area contributed by atoms with Gasteiger partial charge >= 0.3 is 5.97 Å². The van der Waals surface area contributed by atoms with Crippen molar-refractivity contribution in [3.63, 3.8) is 0 Å². The number of hydrogen-bond acceptors (Lipinski definition) is 2. The Kier molecular flexibility index (Phi) is 4.02. The van der Waals surface area contributed by atoms with E-state index in [1.54, 1.807) is 0 Å². The molecule has 3 rings (SSSR count). The molecule has 2 fully saturated rings. The molecule has 2 aliphatic carbocycles. The van der Waals surface area contributed by atoms with Crippen LogP contribution in [0.1, 0.15) is 44.1 Å². The summed E-state index contributed by atoms with van der Waals surface area (Å²) in [7, 11) is 0. The maximum Gasteiger partial charge on any atom is 0.310 e. The van der Waals surface area contributed by atoms with Gasteiger partial charge < -0.3 is 10.4 Å². The molecule has 1 aromatic carbocycles. The van der Waals surface area contributed by atoms with Gasteiger partial charge in [-0.25, -0.2) is 0 Å². The fourth-order valence-electron chi connectivity index (χ4n) is 3.24. The number of carbonyl (C=O) groups is 2. The molecule has 4 nitrogen and oxygen atoms in total. The number of carboxylic acid groups (broad SMARTS) is 1. The van der Waals surface area contributed by atoms with Crippen LogP contribution in [0, 0.1) is 5.41 Å². The average Bonchev–Trinajstić information content (AvgIpc) is 3.21. The predicted molar refractivity (Wildman–Crippen MR) is 86.6 cm³/mol. The summed E-state index contributed by atoms with van der Waals surface area (Å²) in [5, 5.41) is 12.3. The summed E-state index contributed by atoms with van der Waals surface area (Å²) >= 11 is 3.48. The fourth-order valence-corrected chi connectivity index (χ4v) is 3.64. The second kappa shape index (κ2) is 5.69. The van der Waals surface area contributed by atoms with Crippen molar-refractivity contribution in [2.45, 2.75) is 43.9 Å². The second-order valence-electron chi connectivity index (χ2n) is 6.68. The van der Waals surface area contributed by atoms with E-state index in [9.17, 15) is 14.7 Å². The van der Waals surface area contributed by atoms with Crippen molar-refractivity contribution in [2.75, 3.05) is 6.54 Å². The third-order valence-electron chi connectivity index (χ3n) is 5.18. The van der Waals surface area contributed by atoms with Crippen LogP contribution in [0.3, 0.4) is 0 Å². The Bertz CT molecular complexity index is 606. The number of amides is 1. The second-order valence-corrected chi connectivity index (χ2v) is 7.60. The summed E-state index contributed by atoms with van der Waals surface area (Å²) in [4.78, 5) is 23.5. The van der Waals surface area contributed by atoms with E-state index in [1.165, 1.54) is 5.56 Å². The van der Waals surface area contributed by atoms with E-state index in [0.29, 0.717) is 19.4 Å². The molecular formula is C17H20BrNO3. The molecule has 2 aliphatic rings. The fraction of sp³-hybridized carbons (Fsp3) is 0.529. The lowest BCUT2D eigenvalue weighted by Crippen LogP contribution is -2.43. The first-order valence-corrected chi connectivity index (χ1v) is 8.51. The highest BCUT2D eigenvalue weighted by atomic mass is 79.9. The molecule has 2 N–H and O–H groups in total. The lowest BCUT2D eigenvalue weighted by molar-refractivity contribution is -0.157. The maximum absolute atomic E-state index is 12.1. The smallest absolute Gasteiger partial charge is 0.310 e. The minimum atomic E-state index is -0.831. The van der Waals surface area contributed by atoms with Crippen molar-refractivity contribution in [1.82, 2.24) is 5.32 Å². The van der Waals surface area contributed by atoms with Crippen molar-refractivity contribution >= 4 is 27.8 Å². The molecule has 0 spiro atoms. The highest BCUT2D eigenvalue weighted by Gasteiger charge is 2.47. The third kappa shape index (κ3) is 2.91. The monoisotopic (exact) mass is 365 g/mol. The van der Waals surface area contributed by atoms with E-state index < -0.39 is 11.4 Å². The normalized spacial score (nSPS) is 20.8. The average molecular weight is 366 g/mol. The van der Waals surface area contributed by atoms with Gasteiger partial charge in [-0.3, -0.25) is 9.59 Å². The predicted octanol–water partition coefficient (Wildman–Crippen LogP) is 3.24.